The minimum absolute atomic E-state index is 0.0303. The van der Waals surface area contributed by atoms with Gasteiger partial charge in [0.1, 0.15) is 12.2 Å². The van der Waals surface area contributed by atoms with Crippen molar-refractivity contribution in [2.75, 3.05) is 38.1 Å². The summed E-state index contributed by atoms with van der Waals surface area (Å²) in [7, 11) is 0. The number of rotatable bonds is 5. The number of carbonyl (C=O) groups is 3. The van der Waals surface area contributed by atoms with E-state index in [1.807, 2.05) is 26.0 Å². The average molecular weight is 441 g/mol. The number of anilines is 1. The molecule has 1 aliphatic heterocycles. The fraction of sp³-hybridized carbons (Fsp3) is 0.409. The fourth-order valence-corrected chi connectivity index (χ4v) is 3.28. The van der Waals surface area contributed by atoms with Crippen LogP contribution >= 0.6 is 0 Å². The summed E-state index contributed by atoms with van der Waals surface area (Å²) in [6.07, 6.45) is -0.403. The van der Waals surface area contributed by atoms with Gasteiger partial charge in [0.05, 0.1) is 6.61 Å². The number of hydrogen-bond acceptors (Lipinski definition) is 6. The Hall–Kier alpha value is -3.69. The number of amides is 3. The minimum atomic E-state index is -0.480. The van der Waals surface area contributed by atoms with Crippen LogP contribution in [0.5, 0.6) is 0 Å². The molecule has 0 radical (unpaired) electrons. The Bertz CT molecular complexity index is 1070. The van der Waals surface area contributed by atoms with Gasteiger partial charge in [-0.15, -0.1) is 0 Å². The molecule has 0 unspecified atom stereocenters. The number of aromatic nitrogens is 2. The van der Waals surface area contributed by atoms with Crippen molar-refractivity contribution in [2.24, 2.45) is 0 Å². The second kappa shape index (κ2) is 10.1. The van der Waals surface area contributed by atoms with Gasteiger partial charge in [0, 0.05) is 37.9 Å². The zero-order valence-corrected chi connectivity index (χ0v) is 18.5. The highest BCUT2D eigenvalue weighted by Crippen LogP contribution is 2.14. The fourth-order valence-electron chi connectivity index (χ4n) is 3.28. The molecule has 1 aromatic heterocycles. The Morgan fingerprint density at radius 1 is 1.00 bits per heavy atom. The van der Waals surface area contributed by atoms with E-state index in [1.165, 1.54) is 17.0 Å². The predicted octanol–water partition coefficient (Wildman–Crippen LogP) is 1.41. The number of benzene rings is 1. The van der Waals surface area contributed by atoms with Crippen LogP contribution in [0.1, 0.15) is 28.5 Å². The molecule has 1 N–H and O–H groups in total. The lowest BCUT2D eigenvalue weighted by molar-refractivity contribution is -0.133. The average Bonchev–Trinajstić information content (AvgIpc) is 2.78. The van der Waals surface area contributed by atoms with E-state index in [0.29, 0.717) is 38.5 Å². The number of nitrogens with one attached hydrogen (secondary N) is 1. The van der Waals surface area contributed by atoms with Gasteiger partial charge in [-0.1, -0.05) is 6.07 Å². The van der Waals surface area contributed by atoms with Crippen LogP contribution in [0.3, 0.4) is 0 Å². The quantitative estimate of drug-likeness (QED) is 0.751. The molecule has 170 valence electrons. The molecule has 1 saturated heterocycles. The molecule has 0 atom stereocenters. The third-order valence-electron chi connectivity index (χ3n) is 5.31. The van der Waals surface area contributed by atoms with Gasteiger partial charge in [0.25, 0.3) is 11.5 Å². The maximum atomic E-state index is 12.7. The monoisotopic (exact) mass is 441 g/mol. The molecule has 2 heterocycles. The molecule has 0 spiro atoms. The van der Waals surface area contributed by atoms with Crippen molar-refractivity contribution in [2.45, 2.75) is 27.3 Å². The first-order chi connectivity index (χ1) is 15.3. The molecule has 3 rings (SSSR count). The van der Waals surface area contributed by atoms with E-state index in [9.17, 15) is 19.2 Å². The highest BCUT2D eigenvalue weighted by Gasteiger charge is 2.25. The zero-order chi connectivity index (χ0) is 23.3. The first-order valence-corrected chi connectivity index (χ1v) is 10.4. The number of carbonyl (C=O) groups excluding carboxylic acids is 3. The largest absolute Gasteiger partial charge is 0.450 e. The number of nitrogens with zero attached hydrogens (tertiary/aromatic N) is 4. The second-order valence-electron chi connectivity index (χ2n) is 7.53. The topological polar surface area (TPSA) is 114 Å². The maximum absolute atomic E-state index is 12.7. The molecule has 2 aromatic rings. The molecule has 32 heavy (non-hydrogen) atoms. The first kappa shape index (κ1) is 23.0. The van der Waals surface area contributed by atoms with E-state index in [0.717, 1.165) is 15.8 Å². The number of hydrogen-bond donors (Lipinski definition) is 1. The standard InChI is InChI=1S/C22H27N5O5/c1-4-32-22(31)26-11-9-25(10-12-26)20(29)14-27-19(28)8-7-18(24-27)21(30)23-17-6-5-15(2)16(3)13-17/h5-8,13H,4,9-12,14H2,1-3H3,(H,23,30). The number of aryl methyl sites for hydroxylation is 2. The van der Waals surface area contributed by atoms with Crippen molar-refractivity contribution in [1.29, 1.82) is 0 Å². The van der Waals surface area contributed by atoms with Crippen LogP contribution in [-0.4, -0.2) is 70.3 Å². The Morgan fingerprint density at radius 2 is 1.69 bits per heavy atom. The molecule has 1 aliphatic rings. The van der Waals surface area contributed by atoms with Gasteiger partial charge >= 0.3 is 6.09 Å². The zero-order valence-electron chi connectivity index (χ0n) is 18.5. The third-order valence-corrected chi connectivity index (χ3v) is 5.31. The Balaban J connectivity index is 1.63. The van der Waals surface area contributed by atoms with E-state index in [4.69, 9.17) is 4.74 Å². The SMILES string of the molecule is CCOC(=O)N1CCN(C(=O)Cn2nc(C(=O)Nc3ccc(C)c(C)c3)ccc2=O)CC1. The number of ether oxygens (including phenoxy) is 1. The highest BCUT2D eigenvalue weighted by molar-refractivity contribution is 6.02. The van der Waals surface area contributed by atoms with Crippen LogP contribution in [-0.2, 0) is 16.1 Å². The van der Waals surface area contributed by atoms with E-state index in [-0.39, 0.29) is 18.1 Å². The normalized spacial score (nSPS) is 13.6. The second-order valence-corrected chi connectivity index (χ2v) is 7.53. The van der Waals surface area contributed by atoms with E-state index in [2.05, 4.69) is 10.4 Å². The summed E-state index contributed by atoms with van der Waals surface area (Å²) < 4.78 is 5.95. The summed E-state index contributed by atoms with van der Waals surface area (Å²) in [6.45, 7) is 7.03. The maximum Gasteiger partial charge on any atom is 0.409 e. The lowest BCUT2D eigenvalue weighted by Gasteiger charge is -2.34. The summed E-state index contributed by atoms with van der Waals surface area (Å²) in [4.78, 5) is 52.3. The lowest BCUT2D eigenvalue weighted by Crippen LogP contribution is -2.51. The van der Waals surface area contributed by atoms with Crippen molar-refractivity contribution in [1.82, 2.24) is 19.6 Å². The molecule has 1 fully saturated rings. The van der Waals surface area contributed by atoms with Gasteiger partial charge in [0.15, 0.2) is 0 Å². The van der Waals surface area contributed by atoms with Gasteiger partial charge < -0.3 is 19.9 Å². The van der Waals surface area contributed by atoms with E-state index in [1.54, 1.807) is 17.9 Å². The van der Waals surface area contributed by atoms with Crippen LogP contribution in [0.15, 0.2) is 35.1 Å². The minimum Gasteiger partial charge on any atom is -0.450 e. The summed E-state index contributed by atoms with van der Waals surface area (Å²) in [5, 5.41) is 6.82. The third kappa shape index (κ3) is 5.51. The van der Waals surface area contributed by atoms with E-state index >= 15 is 0 Å². The van der Waals surface area contributed by atoms with Gasteiger partial charge in [0.2, 0.25) is 5.91 Å². The molecule has 0 aliphatic carbocycles. The molecule has 10 nitrogen and oxygen atoms in total. The number of piperazine rings is 1. The summed E-state index contributed by atoms with van der Waals surface area (Å²) >= 11 is 0. The summed E-state index contributed by atoms with van der Waals surface area (Å²) in [5.74, 6) is -0.785. The molecule has 1 aromatic carbocycles. The van der Waals surface area contributed by atoms with Crippen LogP contribution < -0.4 is 10.9 Å². The van der Waals surface area contributed by atoms with Crippen molar-refractivity contribution in [3.05, 3.63) is 57.5 Å². The van der Waals surface area contributed by atoms with Crippen LogP contribution in [0, 0.1) is 13.8 Å². The summed E-state index contributed by atoms with van der Waals surface area (Å²) in [6, 6.07) is 8.09. The van der Waals surface area contributed by atoms with Crippen molar-refractivity contribution >= 4 is 23.6 Å². The molecule has 0 saturated carbocycles. The van der Waals surface area contributed by atoms with Gasteiger partial charge in [-0.25, -0.2) is 9.48 Å². The van der Waals surface area contributed by atoms with Crippen molar-refractivity contribution < 1.29 is 19.1 Å². The summed E-state index contributed by atoms with van der Waals surface area (Å²) in [5.41, 5.74) is 2.31. The molecular formula is C22H27N5O5. The molecule has 10 heteroatoms. The van der Waals surface area contributed by atoms with Gasteiger partial charge in [-0.05, 0) is 50.1 Å². The lowest BCUT2D eigenvalue weighted by atomic mass is 10.1. The van der Waals surface area contributed by atoms with Gasteiger partial charge in [-0.3, -0.25) is 14.4 Å². The predicted molar refractivity (Wildman–Crippen MR) is 118 cm³/mol. The van der Waals surface area contributed by atoms with Crippen LogP contribution in [0.4, 0.5) is 10.5 Å². The Morgan fingerprint density at radius 3 is 2.34 bits per heavy atom. The first-order valence-electron chi connectivity index (χ1n) is 10.4. The van der Waals surface area contributed by atoms with Crippen LogP contribution in [0.2, 0.25) is 0 Å². The van der Waals surface area contributed by atoms with Gasteiger partial charge in [-0.2, -0.15) is 5.10 Å². The smallest absolute Gasteiger partial charge is 0.409 e. The molecule has 3 amide bonds. The van der Waals surface area contributed by atoms with Crippen LogP contribution in [0.25, 0.3) is 0 Å². The highest BCUT2D eigenvalue weighted by atomic mass is 16.6. The molecule has 0 bridgehead atoms. The van der Waals surface area contributed by atoms with Crippen molar-refractivity contribution in [3.63, 3.8) is 0 Å². The van der Waals surface area contributed by atoms with Crippen molar-refractivity contribution in [3.8, 4) is 0 Å². The molecular weight excluding hydrogens is 414 g/mol. The Labute approximate surface area is 185 Å². The van der Waals surface area contributed by atoms with E-state index < -0.39 is 17.6 Å². The Kier molecular flexibility index (Phi) is 7.24.